The third-order valence-electron chi connectivity index (χ3n) is 5.22. The van der Waals surface area contributed by atoms with Crippen molar-refractivity contribution in [2.75, 3.05) is 38.5 Å². The number of benzene rings is 1. The van der Waals surface area contributed by atoms with Crippen LogP contribution >= 0.6 is 0 Å². The first kappa shape index (κ1) is 14.8. The van der Waals surface area contributed by atoms with Crippen molar-refractivity contribution in [3.8, 4) is 0 Å². The van der Waals surface area contributed by atoms with E-state index in [1.54, 1.807) is 0 Å². The third kappa shape index (κ3) is 3.31. The molecule has 0 bridgehead atoms. The van der Waals surface area contributed by atoms with Gasteiger partial charge in [-0.15, -0.1) is 0 Å². The zero-order valence-electron chi connectivity index (χ0n) is 13.8. The van der Waals surface area contributed by atoms with Gasteiger partial charge in [-0.05, 0) is 51.5 Å². The summed E-state index contributed by atoms with van der Waals surface area (Å²) in [6.07, 6.45) is 5.67. The van der Waals surface area contributed by atoms with Crippen molar-refractivity contribution < 1.29 is 0 Å². The van der Waals surface area contributed by atoms with Gasteiger partial charge in [-0.2, -0.15) is 0 Å². The van der Waals surface area contributed by atoms with Crippen LogP contribution in [-0.2, 0) is 0 Å². The van der Waals surface area contributed by atoms with Crippen LogP contribution in [0.1, 0.15) is 19.3 Å². The van der Waals surface area contributed by atoms with Crippen LogP contribution < -0.4 is 5.32 Å². The number of nitrogens with zero attached hydrogens (tertiary/aromatic N) is 4. The number of para-hydroxylation sites is 2. The van der Waals surface area contributed by atoms with Crippen molar-refractivity contribution in [2.45, 2.75) is 31.3 Å². The summed E-state index contributed by atoms with van der Waals surface area (Å²) in [4.78, 5) is 14.3. The van der Waals surface area contributed by atoms with Gasteiger partial charge < -0.3 is 10.2 Å². The van der Waals surface area contributed by atoms with Gasteiger partial charge in [0.05, 0.1) is 17.2 Å². The number of hydrogen-bond donors (Lipinski definition) is 1. The molecule has 4 rings (SSSR count). The van der Waals surface area contributed by atoms with Gasteiger partial charge in [-0.1, -0.05) is 12.1 Å². The van der Waals surface area contributed by atoms with Crippen molar-refractivity contribution in [2.24, 2.45) is 0 Å². The van der Waals surface area contributed by atoms with Crippen LogP contribution in [0.15, 0.2) is 30.5 Å². The largest absolute Gasteiger partial charge is 0.365 e. The van der Waals surface area contributed by atoms with Crippen molar-refractivity contribution in [3.05, 3.63) is 30.5 Å². The van der Waals surface area contributed by atoms with Crippen LogP contribution in [0, 0.1) is 0 Å². The molecule has 2 aliphatic rings. The Hall–Kier alpha value is -1.72. The van der Waals surface area contributed by atoms with E-state index in [1.165, 1.54) is 38.9 Å². The van der Waals surface area contributed by atoms with E-state index in [0.29, 0.717) is 6.04 Å². The van der Waals surface area contributed by atoms with Crippen LogP contribution in [0.4, 0.5) is 5.82 Å². The zero-order chi connectivity index (χ0) is 15.6. The van der Waals surface area contributed by atoms with Crippen LogP contribution in [0.2, 0.25) is 0 Å². The summed E-state index contributed by atoms with van der Waals surface area (Å²) in [7, 11) is 2.23. The lowest BCUT2D eigenvalue weighted by atomic mass is 10.0. The highest BCUT2D eigenvalue weighted by molar-refractivity contribution is 5.75. The van der Waals surface area contributed by atoms with Crippen LogP contribution in [-0.4, -0.2) is 65.1 Å². The van der Waals surface area contributed by atoms with Gasteiger partial charge in [0.25, 0.3) is 0 Å². The lowest BCUT2D eigenvalue weighted by molar-refractivity contribution is 0.143. The standard InChI is InChI=1S/C18H25N5/c1-22-9-7-15(8-10-22)23-11-6-14(13-23)20-18-12-19-16-4-2-3-5-17(16)21-18/h2-5,12,14-15H,6-11,13H2,1H3,(H,20,21). The number of anilines is 1. The molecule has 2 aliphatic heterocycles. The first-order valence-corrected chi connectivity index (χ1v) is 8.69. The van der Waals surface area contributed by atoms with Gasteiger partial charge >= 0.3 is 0 Å². The number of fused-ring (bicyclic) bond motifs is 1. The minimum Gasteiger partial charge on any atom is -0.365 e. The fourth-order valence-corrected chi connectivity index (χ4v) is 3.83. The van der Waals surface area contributed by atoms with E-state index in [2.05, 4.69) is 32.1 Å². The Kier molecular flexibility index (Phi) is 4.14. The Labute approximate surface area is 137 Å². The van der Waals surface area contributed by atoms with Gasteiger partial charge in [0.15, 0.2) is 0 Å². The van der Waals surface area contributed by atoms with Crippen molar-refractivity contribution >= 4 is 16.9 Å². The molecule has 0 saturated carbocycles. The molecule has 2 fully saturated rings. The summed E-state index contributed by atoms with van der Waals surface area (Å²) in [6, 6.07) is 9.29. The highest BCUT2D eigenvalue weighted by atomic mass is 15.2. The first-order valence-electron chi connectivity index (χ1n) is 8.69. The molecule has 2 aromatic rings. The van der Waals surface area contributed by atoms with E-state index < -0.39 is 0 Å². The third-order valence-corrected chi connectivity index (χ3v) is 5.22. The number of likely N-dealkylation sites (tertiary alicyclic amines) is 2. The Morgan fingerprint density at radius 2 is 1.83 bits per heavy atom. The average molecular weight is 311 g/mol. The molecule has 5 nitrogen and oxygen atoms in total. The Morgan fingerprint density at radius 3 is 2.65 bits per heavy atom. The number of nitrogens with one attached hydrogen (secondary N) is 1. The molecule has 23 heavy (non-hydrogen) atoms. The molecule has 0 spiro atoms. The van der Waals surface area contributed by atoms with Crippen molar-refractivity contribution in [1.82, 2.24) is 19.8 Å². The Bertz CT molecular complexity index is 665. The number of rotatable bonds is 3. The summed E-state index contributed by atoms with van der Waals surface area (Å²) in [5.41, 5.74) is 1.92. The molecule has 122 valence electrons. The van der Waals surface area contributed by atoms with Crippen molar-refractivity contribution in [3.63, 3.8) is 0 Å². The van der Waals surface area contributed by atoms with E-state index in [-0.39, 0.29) is 0 Å². The molecule has 0 radical (unpaired) electrons. The van der Waals surface area contributed by atoms with Crippen LogP contribution in [0.3, 0.4) is 0 Å². The summed E-state index contributed by atoms with van der Waals surface area (Å²) in [5.74, 6) is 0.902. The topological polar surface area (TPSA) is 44.3 Å². The summed E-state index contributed by atoms with van der Waals surface area (Å²) in [5, 5.41) is 3.59. The fourth-order valence-electron chi connectivity index (χ4n) is 3.83. The normalized spacial score (nSPS) is 24.3. The van der Waals surface area contributed by atoms with Gasteiger partial charge in [0.2, 0.25) is 0 Å². The fraction of sp³-hybridized carbons (Fsp3) is 0.556. The Morgan fingerprint density at radius 1 is 1.04 bits per heavy atom. The maximum Gasteiger partial charge on any atom is 0.145 e. The minimum atomic E-state index is 0.491. The second-order valence-electron chi connectivity index (χ2n) is 6.90. The smallest absolute Gasteiger partial charge is 0.145 e. The number of aromatic nitrogens is 2. The SMILES string of the molecule is CN1CCC(N2CCC(Nc3cnc4ccccc4n3)C2)CC1. The van der Waals surface area contributed by atoms with Crippen LogP contribution in [0.5, 0.6) is 0 Å². The second kappa shape index (κ2) is 6.42. The van der Waals surface area contributed by atoms with E-state index in [0.717, 1.165) is 29.4 Å². The lowest BCUT2D eigenvalue weighted by Crippen LogP contribution is -2.43. The predicted octanol–water partition coefficient (Wildman–Crippen LogP) is 2.21. The molecular formula is C18H25N5. The summed E-state index contributed by atoms with van der Waals surface area (Å²) >= 11 is 0. The molecule has 1 aromatic carbocycles. The minimum absolute atomic E-state index is 0.491. The monoisotopic (exact) mass is 311 g/mol. The van der Waals surface area contributed by atoms with E-state index in [9.17, 15) is 0 Å². The lowest BCUT2D eigenvalue weighted by Gasteiger charge is -2.35. The molecule has 1 atom stereocenters. The van der Waals surface area contributed by atoms with Gasteiger partial charge in [0, 0.05) is 25.2 Å². The van der Waals surface area contributed by atoms with E-state index in [1.807, 2.05) is 30.5 Å². The molecule has 1 aromatic heterocycles. The maximum atomic E-state index is 4.69. The van der Waals surface area contributed by atoms with E-state index in [4.69, 9.17) is 0 Å². The molecule has 3 heterocycles. The molecular weight excluding hydrogens is 286 g/mol. The van der Waals surface area contributed by atoms with E-state index >= 15 is 0 Å². The first-order chi connectivity index (χ1) is 11.3. The maximum absolute atomic E-state index is 4.69. The highest BCUT2D eigenvalue weighted by Crippen LogP contribution is 2.22. The summed E-state index contributed by atoms with van der Waals surface area (Å²) in [6.45, 7) is 4.79. The molecule has 0 aliphatic carbocycles. The molecule has 0 amide bonds. The zero-order valence-corrected chi connectivity index (χ0v) is 13.8. The quantitative estimate of drug-likeness (QED) is 0.941. The number of hydrogen-bond acceptors (Lipinski definition) is 5. The number of piperidine rings is 1. The Balaban J connectivity index is 1.37. The van der Waals surface area contributed by atoms with Crippen molar-refractivity contribution in [1.29, 1.82) is 0 Å². The van der Waals surface area contributed by atoms with Crippen LogP contribution in [0.25, 0.3) is 11.0 Å². The van der Waals surface area contributed by atoms with Gasteiger partial charge in [-0.25, -0.2) is 4.98 Å². The molecule has 1 unspecified atom stereocenters. The highest BCUT2D eigenvalue weighted by Gasteiger charge is 2.30. The van der Waals surface area contributed by atoms with Gasteiger partial charge in [-0.3, -0.25) is 9.88 Å². The average Bonchev–Trinajstić information content (AvgIpc) is 3.04. The predicted molar refractivity (Wildman–Crippen MR) is 93.7 cm³/mol. The molecule has 5 heteroatoms. The second-order valence-corrected chi connectivity index (χ2v) is 6.90. The summed E-state index contributed by atoms with van der Waals surface area (Å²) < 4.78 is 0. The molecule has 1 N–H and O–H groups in total. The van der Waals surface area contributed by atoms with Gasteiger partial charge in [0.1, 0.15) is 5.82 Å². The molecule has 2 saturated heterocycles.